The molecular formula is C19H25N5O3. The summed E-state index contributed by atoms with van der Waals surface area (Å²) < 4.78 is 5.17. The zero-order valence-electron chi connectivity index (χ0n) is 15.7. The molecule has 8 nitrogen and oxygen atoms in total. The van der Waals surface area contributed by atoms with Gasteiger partial charge in [0.25, 0.3) is 11.8 Å². The second-order valence-electron chi connectivity index (χ2n) is 6.97. The zero-order chi connectivity index (χ0) is 19.2. The molecule has 0 unspecified atom stereocenters. The number of piperazine rings is 1. The Labute approximate surface area is 158 Å². The number of amides is 2. The first-order valence-corrected chi connectivity index (χ1v) is 9.24. The maximum atomic E-state index is 12.3. The molecule has 1 fully saturated rings. The number of aromatic nitrogens is 2. The lowest BCUT2D eigenvalue weighted by Crippen LogP contribution is -2.49. The number of hydrogen-bond acceptors (Lipinski definition) is 6. The van der Waals surface area contributed by atoms with Gasteiger partial charge in [-0.25, -0.2) is 0 Å². The van der Waals surface area contributed by atoms with Gasteiger partial charge < -0.3 is 19.5 Å². The van der Waals surface area contributed by atoms with E-state index in [0.29, 0.717) is 55.9 Å². The molecule has 2 aromatic heterocycles. The zero-order valence-corrected chi connectivity index (χ0v) is 15.7. The van der Waals surface area contributed by atoms with Crippen LogP contribution in [-0.2, 0) is 0 Å². The molecule has 1 saturated heterocycles. The van der Waals surface area contributed by atoms with Crippen molar-refractivity contribution in [3.8, 4) is 0 Å². The van der Waals surface area contributed by atoms with Gasteiger partial charge in [-0.1, -0.05) is 13.8 Å². The van der Waals surface area contributed by atoms with E-state index >= 15 is 0 Å². The van der Waals surface area contributed by atoms with Gasteiger partial charge in [0.1, 0.15) is 0 Å². The smallest absolute Gasteiger partial charge is 0.289 e. The molecule has 27 heavy (non-hydrogen) atoms. The number of nitrogens with one attached hydrogen (secondary N) is 1. The Morgan fingerprint density at radius 3 is 2.52 bits per heavy atom. The van der Waals surface area contributed by atoms with Crippen molar-refractivity contribution in [2.75, 3.05) is 37.6 Å². The third-order valence-electron chi connectivity index (χ3n) is 4.51. The van der Waals surface area contributed by atoms with E-state index in [2.05, 4.69) is 34.3 Å². The first kappa shape index (κ1) is 18.9. The van der Waals surface area contributed by atoms with Crippen LogP contribution in [0.25, 0.3) is 0 Å². The topological polar surface area (TPSA) is 91.6 Å². The third kappa shape index (κ3) is 4.84. The summed E-state index contributed by atoms with van der Waals surface area (Å²) >= 11 is 0. The van der Waals surface area contributed by atoms with Crippen molar-refractivity contribution in [2.45, 2.75) is 20.3 Å². The summed E-state index contributed by atoms with van der Waals surface area (Å²) in [7, 11) is 0. The largest absolute Gasteiger partial charge is 0.459 e. The average molecular weight is 371 g/mol. The van der Waals surface area contributed by atoms with Crippen molar-refractivity contribution in [3.63, 3.8) is 0 Å². The van der Waals surface area contributed by atoms with Gasteiger partial charge in [-0.3, -0.25) is 9.59 Å². The summed E-state index contributed by atoms with van der Waals surface area (Å²) in [6.45, 7) is 7.33. The van der Waals surface area contributed by atoms with Crippen molar-refractivity contribution in [1.29, 1.82) is 0 Å². The SMILES string of the molecule is CC(C)CCNC(=O)c1ccc(N2CCN(C(=O)c3ccco3)CC2)nn1. The molecular weight excluding hydrogens is 346 g/mol. The molecule has 3 heterocycles. The molecule has 0 atom stereocenters. The number of furan rings is 1. The highest BCUT2D eigenvalue weighted by Gasteiger charge is 2.24. The molecule has 0 aromatic carbocycles. The number of hydrogen-bond donors (Lipinski definition) is 1. The summed E-state index contributed by atoms with van der Waals surface area (Å²) in [5, 5.41) is 11.1. The highest BCUT2D eigenvalue weighted by molar-refractivity contribution is 5.92. The first-order valence-electron chi connectivity index (χ1n) is 9.24. The Morgan fingerprint density at radius 1 is 1.15 bits per heavy atom. The van der Waals surface area contributed by atoms with E-state index in [9.17, 15) is 9.59 Å². The van der Waals surface area contributed by atoms with E-state index in [1.165, 1.54) is 6.26 Å². The molecule has 1 aliphatic rings. The van der Waals surface area contributed by atoms with E-state index < -0.39 is 0 Å². The van der Waals surface area contributed by atoms with Crippen LogP contribution in [0.3, 0.4) is 0 Å². The minimum atomic E-state index is -0.205. The van der Waals surface area contributed by atoms with Crippen LogP contribution in [-0.4, -0.2) is 59.6 Å². The van der Waals surface area contributed by atoms with Crippen molar-refractivity contribution < 1.29 is 14.0 Å². The maximum absolute atomic E-state index is 12.3. The Kier molecular flexibility index (Phi) is 6.05. The maximum Gasteiger partial charge on any atom is 0.289 e. The minimum Gasteiger partial charge on any atom is -0.459 e. The highest BCUT2D eigenvalue weighted by Crippen LogP contribution is 2.15. The molecule has 0 bridgehead atoms. The number of anilines is 1. The van der Waals surface area contributed by atoms with Crippen molar-refractivity contribution >= 4 is 17.6 Å². The molecule has 1 aliphatic heterocycles. The van der Waals surface area contributed by atoms with E-state index in [1.54, 1.807) is 29.2 Å². The molecule has 2 amide bonds. The lowest BCUT2D eigenvalue weighted by Gasteiger charge is -2.34. The highest BCUT2D eigenvalue weighted by atomic mass is 16.3. The fourth-order valence-electron chi connectivity index (χ4n) is 2.87. The summed E-state index contributed by atoms with van der Waals surface area (Å²) in [4.78, 5) is 28.2. The number of nitrogens with zero attached hydrogens (tertiary/aromatic N) is 4. The van der Waals surface area contributed by atoms with Crippen LogP contribution in [0.4, 0.5) is 5.82 Å². The quantitative estimate of drug-likeness (QED) is 0.833. The van der Waals surface area contributed by atoms with Crippen LogP contribution in [0.15, 0.2) is 34.9 Å². The molecule has 0 spiro atoms. The normalized spacial score (nSPS) is 14.5. The molecule has 0 radical (unpaired) electrons. The molecule has 2 aromatic rings. The van der Waals surface area contributed by atoms with Crippen LogP contribution in [0.1, 0.15) is 41.3 Å². The number of carbonyl (C=O) groups excluding carboxylic acids is 2. The van der Waals surface area contributed by atoms with Gasteiger partial charge in [0.15, 0.2) is 17.3 Å². The van der Waals surface area contributed by atoms with Gasteiger partial charge >= 0.3 is 0 Å². The molecule has 8 heteroatoms. The molecule has 0 aliphatic carbocycles. The van der Waals surface area contributed by atoms with Gasteiger partial charge in [0.2, 0.25) is 0 Å². The average Bonchev–Trinajstić information content (AvgIpc) is 3.22. The lowest BCUT2D eigenvalue weighted by atomic mass is 10.1. The number of carbonyl (C=O) groups is 2. The summed E-state index contributed by atoms with van der Waals surface area (Å²) in [5.41, 5.74) is 0.314. The predicted octanol–water partition coefficient (Wildman–Crippen LogP) is 1.81. The summed E-state index contributed by atoms with van der Waals surface area (Å²) in [5.74, 6) is 1.30. The van der Waals surface area contributed by atoms with Crippen LogP contribution in [0.5, 0.6) is 0 Å². The van der Waals surface area contributed by atoms with Crippen LogP contribution >= 0.6 is 0 Å². The van der Waals surface area contributed by atoms with Crippen molar-refractivity contribution in [3.05, 3.63) is 42.0 Å². The van der Waals surface area contributed by atoms with E-state index in [4.69, 9.17) is 4.42 Å². The van der Waals surface area contributed by atoms with Crippen LogP contribution in [0, 0.1) is 5.92 Å². The Hall–Kier alpha value is -2.90. The van der Waals surface area contributed by atoms with Gasteiger partial charge in [-0.2, -0.15) is 0 Å². The van der Waals surface area contributed by atoms with E-state index in [1.807, 2.05) is 0 Å². The second kappa shape index (κ2) is 8.66. The monoisotopic (exact) mass is 371 g/mol. The fourth-order valence-corrected chi connectivity index (χ4v) is 2.87. The van der Waals surface area contributed by atoms with Crippen LogP contribution < -0.4 is 10.2 Å². The van der Waals surface area contributed by atoms with Crippen molar-refractivity contribution in [1.82, 2.24) is 20.4 Å². The standard InChI is InChI=1S/C19H25N5O3/c1-14(2)7-8-20-18(25)15-5-6-17(22-21-15)23-9-11-24(12-10-23)19(26)16-4-3-13-27-16/h3-6,13-14H,7-12H2,1-2H3,(H,20,25). The van der Waals surface area contributed by atoms with Gasteiger partial charge in [0.05, 0.1) is 6.26 Å². The molecule has 144 valence electrons. The lowest BCUT2D eigenvalue weighted by molar-refractivity contribution is 0.0714. The summed E-state index contributed by atoms with van der Waals surface area (Å²) in [6, 6.07) is 6.87. The molecule has 3 rings (SSSR count). The third-order valence-corrected chi connectivity index (χ3v) is 4.51. The minimum absolute atomic E-state index is 0.0980. The Bertz CT molecular complexity index is 750. The number of rotatable bonds is 6. The predicted molar refractivity (Wildman–Crippen MR) is 101 cm³/mol. The van der Waals surface area contributed by atoms with Crippen LogP contribution in [0.2, 0.25) is 0 Å². The summed E-state index contributed by atoms with van der Waals surface area (Å²) in [6.07, 6.45) is 2.43. The van der Waals surface area contributed by atoms with Gasteiger partial charge in [0, 0.05) is 32.7 Å². The Morgan fingerprint density at radius 2 is 1.93 bits per heavy atom. The Balaban J connectivity index is 1.51. The van der Waals surface area contributed by atoms with Gasteiger partial charge in [-0.15, -0.1) is 10.2 Å². The van der Waals surface area contributed by atoms with E-state index in [-0.39, 0.29) is 11.8 Å². The second-order valence-corrected chi connectivity index (χ2v) is 6.97. The first-order chi connectivity index (χ1) is 13.0. The fraction of sp³-hybridized carbons (Fsp3) is 0.474. The van der Waals surface area contributed by atoms with E-state index in [0.717, 1.165) is 6.42 Å². The van der Waals surface area contributed by atoms with Gasteiger partial charge in [-0.05, 0) is 36.6 Å². The molecule has 0 saturated carbocycles. The van der Waals surface area contributed by atoms with Crippen molar-refractivity contribution in [2.24, 2.45) is 5.92 Å². The molecule has 1 N–H and O–H groups in total.